The molecule has 0 amide bonds. The van der Waals surface area contributed by atoms with E-state index in [1.165, 1.54) is 15.6 Å². The van der Waals surface area contributed by atoms with Crippen LogP contribution in [0.25, 0.3) is 10.2 Å². The lowest BCUT2D eigenvalue weighted by Crippen LogP contribution is -2.40. The summed E-state index contributed by atoms with van der Waals surface area (Å²) >= 11 is 1.45. The van der Waals surface area contributed by atoms with E-state index in [2.05, 4.69) is 15.2 Å². The first-order valence-electron chi connectivity index (χ1n) is 11.5. The first-order valence-corrected chi connectivity index (χ1v) is 13.8. The zero-order chi connectivity index (χ0) is 24.7. The van der Waals surface area contributed by atoms with Crippen LogP contribution in [-0.2, 0) is 16.4 Å². The quantitative estimate of drug-likeness (QED) is 0.370. The van der Waals surface area contributed by atoms with Crippen molar-refractivity contribution >= 4 is 36.7 Å². The summed E-state index contributed by atoms with van der Waals surface area (Å²) in [7, 11) is 0.241. The van der Waals surface area contributed by atoms with E-state index in [1.807, 2.05) is 58.3 Å². The standard InChI is InChI=1S/C25H35N4O3S2/c1-19(2)17-29(18-21(30)11-10-20-8-6-5-7-9-20)34(31,32)22-12-13-23-24(16-22)33-25(27-23)26-14-15-28(3)4/h5-9,11-13,16,19,21,30H,10,14-15,17-18H2,1-4H3,(H,26,27). The van der Waals surface area contributed by atoms with E-state index in [9.17, 15) is 13.5 Å². The number of aromatic nitrogens is 1. The van der Waals surface area contributed by atoms with Gasteiger partial charge in [-0.3, -0.25) is 0 Å². The number of sulfonamides is 1. The largest absolute Gasteiger partial charge is 0.391 e. The molecule has 2 N–H and O–H groups in total. The number of anilines is 1. The van der Waals surface area contributed by atoms with E-state index in [0.29, 0.717) is 13.0 Å². The van der Waals surface area contributed by atoms with Crippen molar-refractivity contribution in [2.24, 2.45) is 5.92 Å². The third-order valence-electron chi connectivity index (χ3n) is 5.26. The van der Waals surface area contributed by atoms with Gasteiger partial charge in [-0.15, -0.1) is 0 Å². The maximum atomic E-state index is 13.5. The van der Waals surface area contributed by atoms with Crippen molar-refractivity contribution in [2.75, 3.05) is 45.6 Å². The number of rotatable bonds is 13. The molecule has 1 atom stereocenters. The summed E-state index contributed by atoms with van der Waals surface area (Å²) in [5.74, 6) is 0.121. The number of thiazole rings is 1. The monoisotopic (exact) mass is 503 g/mol. The molecular formula is C25H35N4O3S2. The number of likely N-dealkylation sites (N-methyl/N-ethyl adjacent to an activating group) is 1. The second kappa shape index (κ2) is 12.1. The Bertz CT molecular complexity index is 1150. The summed E-state index contributed by atoms with van der Waals surface area (Å²) in [4.78, 5) is 6.87. The van der Waals surface area contributed by atoms with E-state index in [1.54, 1.807) is 24.6 Å². The molecule has 1 radical (unpaired) electrons. The molecule has 0 aliphatic heterocycles. The number of aliphatic hydroxyl groups excluding tert-OH is 1. The van der Waals surface area contributed by atoms with Crippen molar-refractivity contribution in [1.29, 1.82) is 0 Å². The van der Waals surface area contributed by atoms with E-state index in [0.717, 1.165) is 34.0 Å². The Labute approximate surface area is 207 Å². The fourth-order valence-electron chi connectivity index (χ4n) is 3.52. The van der Waals surface area contributed by atoms with E-state index < -0.39 is 16.1 Å². The SMILES string of the molecule is CC(C)CN(CC(O)[CH]Cc1ccccc1)S(=O)(=O)c1ccc2nc(NCCN(C)C)sc2c1. The number of aliphatic hydroxyl groups is 1. The van der Waals surface area contributed by atoms with Gasteiger partial charge in [-0.05, 0) is 56.6 Å². The zero-order valence-corrected chi connectivity index (χ0v) is 21.9. The van der Waals surface area contributed by atoms with Gasteiger partial charge in [-0.25, -0.2) is 13.4 Å². The van der Waals surface area contributed by atoms with Gasteiger partial charge in [-0.2, -0.15) is 4.31 Å². The van der Waals surface area contributed by atoms with Gasteiger partial charge >= 0.3 is 0 Å². The molecule has 9 heteroatoms. The molecule has 2 aromatic carbocycles. The molecule has 3 aromatic rings. The Morgan fingerprint density at radius 1 is 1.12 bits per heavy atom. The Hall–Kier alpha value is -2.04. The molecule has 0 fully saturated rings. The summed E-state index contributed by atoms with van der Waals surface area (Å²) in [5.41, 5.74) is 1.84. The fourth-order valence-corrected chi connectivity index (χ4v) is 6.18. The highest BCUT2D eigenvalue weighted by Crippen LogP contribution is 2.29. The number of nitrogens with zero attached hydrogens (tertiary/aromatic N) is 3. The smallest absolute Gasteiger partial charge is 0.243 e. The highest BCUT2D eigenvalue weighted by Gasteiger charge is 2.28. The van der Waals surface area contributed by atoms with Crippen molar-refractivity contribution in [2.45, 2.75) is 31.3 Å². The van der Waals surface area contributed by atoms with Gasteiger partial charge in [0.25, 0.3) is 0 Å². The Morgan fingerprint density at radius 3 is 2.53 bits per heavy atom. The van der Waals surface area contributed by atoms with E-state index in [-0.39, 0.29) is 17.4 Å². The number of benzene rings is 2. The Balaban J connectivity index is 1.74. The second-order valence-electron chi connectivity index (χ2n) is 9.09. The lowest BCUT2D eigenvalue weighted by molar-refractivity contribution is 0.167. The van der Waals surface area contributed by atoms with Gasteiger partial charge in [0.05, 0.1) is 21.2 Å². The van der Waals surface area contributed by atoms with Crippen molar-refractivity contribution in [1.82, 2.24) is 14.2 Å². The molecule has 1 unspecified atom stereocenters. The number of fused-ring (bicyclic) bond motifs is 1. The second-order valence-corrected chi connectivity index (χ2v) is 12.1. The lowest BCUT2D eigenvalue weighted by Gasteiger charge is -2.26. The summed E-state index contributed by atoms with van der Waals surface area (Å²) in [6, 6.07) is 14.9. The van der Waals surface area contributed by atoms with Gasteiger partial charge in [0.2, 0.25) is 10.0 Å². The van der Waals surface area contributed by atoms with Crippen molar-refractivity contribution in [3.8, 4) is 0 Å². The van der Waals surface area contributed by atoms with Crippen molar-refractivity contribution in [3.05, 3.63) is 60.5 Å². The fraction of sp³-hybridized carbons (Fsp3) is 0.440. The van der Waals surface area contributed by atoms with Crippen LogP contribution in [-0.4, -0.2) is 74.1 Å². The van der Waals surface area contributed by atoms with Crippen LogP contribution in [0.4, 0.5) is 5.13 Å². The molecule has 0 saturated carbocycles. The van der Waals surface area contributed by atoms with Crippen LogP contribution in [0.2, 0.25) is 0 Å². The molecular weight excluding hydrogens is 468 g/mol. The van der Waals surface area contributed by atoms with Gasteiger partial charge in [0, 0.05) is 26.2 Å². The van der Waals surface area contributed by atoms with Crippen LogP contribution in [0.1, 0.15) is 19.4 Å². The number of hydrogen-bond acceptors (Lipinski definition) is 7. The first kappa shape index (κ1) is 26.6. The van der Waals surface area contributed by atoms with Crippen molar-refractivity contribution in [3.63, 3.8) is 0 Å². The Kier molecular flexibility index (Phi) is 9.44. The predicted molar refractivity (Wildman–Crippen MR) is 141 cm³/mol. The van der Waals surface area contributed by atoms with Crippen LogP contribution >= 0.6 is 11.3 Å². The highest BCUT2D eigenvalue weighted by atomic mass is 32.2. The topological polar surface area (TPSA) is 85.8 Å². The molecule has 34 heavy (non-hydrogen) atoms. The normalized spacial score (nSPS) is 13.3. The van der Waals surface area contributed by atoms with Crippen LogP contribution in [0.5, 0.6) is 0 Å². The molecule has 0 bridgehead atoms. The first-order chi connectivity index (χ1) is 16.1. The van der Waals surface area contributed by atoms with Gasteiger partial charge < -0.3 is 15.3 Å². The van der Waals surface area contributed by atoms with Gasteiger partial charge in [-0.1, -0.05) is 55.5 Å². The van der Waals surface area contributed by atoms with Crippen LogP contribution in [0.3, 0.4) is 0 Å². The minimum Gasteiger partial charge on any atom is -0.391 e. The molecule has 0 spiro atoms. The lowest BCUT2D eigenvalue weighted by atomic mass is 10.1. The van der Waals surface area contributed by atoms with E-state index in [4.69, 9.17) is 0 Å². The van der Waals surface area contributed by atoms with Gasteiger partial charge in [0.1, 0.15) is 0 Å². The van der Waals surface area contributed by atoms with Crippen molar-refractivity contribution < 1.29 is 13.5 Å². The molecule has 3 rings (SSSR count). The number of nitrogens with one attached hydrogen (secondary N) is 1. The molecule has 7 nitrogen and oxygen atoms in total. The van der Waals surface area contributed by atoms with Gasteiger partial charge in [0.15, 0.2) is 5.13 Å². The van der Waals surface area contributed by atoms with Crippen LogP contribution in [0, 0.1) is 12.3 Å². The predicted octanol–water partition coefficient (Wildman–Crippen LogP) is 3.72. The third kappa shape index (κ3) is 7.48. The summed E-state index contributed by atoms with van der Waals surface area (Å²) in [6.07, 6.45) is 1.47. The zero-order valence-electron chi connectivity index (χ0n) is 20.3. The van der Waals surface area contributed by atoms with Crippen LogP contribution < -0.4 is 5.32 Å². The maximum Gasteiger partial charge on any atom is 0.243 e. The summed E-state index contributed by atoms with van der Waals surface area (Å²) in [5, 5.41) is 14.7. The summed E-state index contributed by atoms with van der Waals surface area (Å²) in [6.45, 7) is 5.93. The molecule has 0 saturated heterocycles. The maximum absolute atomic E-state index is 13.5. The molecule has 0 aliphatic carbocycles. The third-order valence-corrected chi connectivity index (χ3v) is 8.06. The molecule has 0 aliphatic rings. The minimum absolute atomic E-state index is 0.0193. The Morgan fingerprint density at radius 2 is 1.85 bits per heavy atom. The minimum atomic E-state index is -3.78. The molecule has 1 heterocycles. The molecule has 185 valence electrons. The van der Waals surface area contributed by atoms with E-state index >= 15 is 0 Å². The van der Waals surface area contributed by atoms with Crippen LogP contribution in [0.15, 0.2) is 53.4 Å². The molecule has 1 aromatic heterocycles. The average Bonchev–Trinajstić information content (AvgIpc) is 3.19. The number of hydrogen-bond donors (Lipinski definition) is 2. The highest BCUT2D eigenvalue weighted by molar-refractivity contribution is 7.89. The average molecular weight is 504 g/mol. The summed E-state index contributed by atoms with van der Waals surface area (Å²) < 4.78 is 29.3.